The van der Waals surface area contributed by atoms with Crippen LogP contribution in [0.25, 0.3) is 0 Å². The molecule has 5 rings (SSSR count). The van der Waals surface area contributed by atoms with Crippen molar-refractivity contribution in [1.29, 1.82) is 0 Å². The first kappa shape index (κ1) is 24.6. The third kappa shape index (κ3) is 5.21. The Kier molecular flexibility index (Phi) is 6.93. The van der Waals surface area contributed by atoms with Crippen molar-refractivity contribution in [3.63, 3.8) is 0 Å². The quantitative estimate of drug-likeness (QED) is 0.553. The molecule has 3 aliphatic rings. The van der Waals surface area contributed by atoms with E-state index < -0.39 is 17.1 Å². The average Bonchev–Trinajstić information content (AvgIpc) is 3.67. The molecular weight excluding hydrogens is 456 g/mol. The molecule has 1 amide bonds. The molecule has 192 valence electrons. The molecule has 0 spiro atoms. The number of aromatic hydroxyl groups is 1. The Balaban J connectivity index is 1.39. The molecule has 0 unspecified atom stereocenters. The van der Waals surface area contributed by atoms with Crippen LogP contribution in [0, 0.1) is 5.92 Å². The molecule has 2 aliphatic carbocycles. The minimum atomic E-state index is -0.716. The van der Waals surface area contributed by atoms with E-state index in [1.54, 1.807) is 12.1 Å². The standard InChI is InChI=1S/C29H36N2O5/c1-21(32)36-29-13-12-25(30-27(34)35-19-23-6-3-2-4-7-23)17-28(29,24-8-5-9-26(33)16-24)14-15-31(20-29)18-22-10-11-22/h2-9,16,22,25,33H,10-15,17-20H2,1H3,(H,30,34)/t25-,28+,29+/m1/s1. The van der Waals surface area contributed by atoms with E-state index in [-0.39, 0.29) is 24.4 Å². The fourth-order valence-electron chi connectivity index (χ4n) is 6.37. The van der Waals surface area contributed by atoms with Crippen molar-refractivity contribution in [2.75, 3.05) is 19.6 Å². The molecular formula is C29H36N2O5. The lowest BCUT2D eigenvalue weighted by atomic mass is 9.55. The van der Waals surface area contributed by atoms with Crippen molar-refractivity contribution < 1.29 is 24.2 Å². The Morgan fingerprint density at radius 1 is 1.08 bits per heavy atom. The van der Waals surface area contributed by atoms with Crippen LogP contribution in [0.5, 0.6) is 5.75 Å². The Bertz CT molecular complexity index is 1090. The number of carbonyl (C=O) groups is 2. The van der Waals surface area contributed by atoms with Crippen molar-refractivity contribution in [2.24, 2.45) is 5.92 Å². The number of benzene rings is 2. The van der Waals surface area contributed by atoms with Crippen molar-refractivity contribution in [2.45, 2.75) is 69.1 Å². The van der Waals surface area contributed by atoms with E-state index in [0.29, 0.717) is 25.8 Å². The Hall–Kier alpha value is -3.06. The average molecular weight is 493 g/mol. The molecule has 1 heterocycles. The number of nitrogens with zero attached hydrogens (tertiary/aromatic N) is 1. The zero-order valence-electron chi connectivity index (χ0n) is 20.9. The van der Waals surface area contributed by atoms with Gasteiger partial charge in [-0.05, 0) is 74.2 Å². The molecule has 0 aromatic heterocycles. The highest BCUT2D eigenvalue weighted by molar-refractivity contribution is 5.68. The zero-order chi connectivity index (χ0) is 25.2. The number of rotatable bonds is 7. The Morgan fingerprint density at radius 3 is 2.61 bits per heavy atom. The van der Waals surface area contributed by atoms with E-state index in [0.717, 1.165) is 36.6 Å². The summed E-state index contributed by atoms with van der Waals surface area (Å²) in [5.41, 5.74) is 0.655. The van der Waals surface area contributed by atoms with E-state index in [1.165, 1.54) is 19.8 Å². The summed E-state index contributed by atoms with van der Waals surface area (Å²) in [6, 6.07) is 16.8. The molecule has 36 heavy (non-hydrogen) atoms. The lowest BCUT2D eigenvalue weighted by molar-refractivity contribution is -0.187. The van der Waals surface area contributed by atoms with Gasteiger partial charge in [0.1, 0.15) is 18.0 Å². The number of fused-ring (bicyclic) bond motifs is 1. The second-order valence-electron chi connectivity index (χ2n) is 10.8. The van der Waals surface area contributed by atoms with Crippen molar-refractivity contribution in [3.05, 3.63) is 65.7 Å². The number of esters is 1. The maximum atomic E-state index is 12.7. The number of likely N-dealkylation sites (tertiary alicyclic amines) is 1. The number of hydrogen-bond donors (Lipinski definition) is 2. The fourth-order valence-corrected chi connectivity index (χ4v) is 6.37. The van der Waals surface area contributed by atoms with E-state index in [9.17, 15) is 14.7 Å². The molecule has 3 atom stereocenters. The maximum absolute atomic E-state index is 12.7. The summed E-state index contributed by atoms with van der Waals surface area (Å²) in [7, 11) is 0. The normalized spacial score (nSPS) is 28.1. The summed E-state index contributed by atoms with van der Waals surface area (Å²) in [4.78, 5) is 27.6. The minimum absolute atomic E-state index is 0.130. The second kappa shape index (κ2) is 10.1. The topological polar surface area (TPSA) is 88.1 Å². The molecule has 0 bridgehead atoms. The first-order chi connectivity index (χ1) is 17.4. The molecule has 2 N–H and O–H groups in total. The van der Waals surface area contributed by atoms with Crippen LogP contribution in [0.2, 0.25) is 0 Å². The molecule has 0 radical (unpaired) electrons. The summed E-state index contributed by atoms with van der Waals surface area (Å²) in [5.74, 6) is 0.642. The number of amides is 1. The van der Waals surface area contributed by atoms with E-state index in [4.69, 9.17) is 9.47 Å². The molecule has 1 aliphatic heterocycles. The van der Waals surface area contributed by atoms with Gasteiger partial charge in [0.05, 0.1) is 0 Å². The van der Waals surface area contributed by atoms with Crippen LogP contribution >= 0.6 is 0 Å². The summed E-state index contributed by atoms with van der Waals surface area (Å²) >= 11 is 0. The number of nitrogens with one attached hydrogen (secondary N) is 1. The largest absolute Gasteiger partial charge is 0.508 e. The van der Waals surface area contributed by atoms with Gasteiger partial charge in [-0.3, -0.25) is 9.69 Å². The minimum Gasteiger partial charge on any atom is -0.508 e. The number of carbonyl (C=O) groups excluding carboxylic acids is 2. The SMILES string of the molecule is CC(=O)O[C@]12CC[C@@H](NC(=O)OCc3ccccc3)C[C@]1(c1cccc(O)c1)CCN(CC1CC1)C2. The van der Waals surface area contributed by atoms with Gasteiger partial charge >= 0.3 is 12.1 Å². The third-order valence-corrected chi connectivity index (χ3v) is 8.18. The van der Waals surface area contributed by atoms with Crippen LogP contribution in [-0.2, 0) is 26.3 Å². The lowest BCUT2D eigenvalue weighted by Crippen LogP contribution is -2.68. The molecule has 7 nitrogen and oxygen atoms in total. The molecule has 2 aromatic carbocycles. The van der Waals surface area contributed by atoms with Gasteiger partial charge in [0.15, 0.2) is 0 Å². The first-order valence-corrected chi connectivity index (χ1v) is 13.1. The molecule has 2 aromatic rings. The van der Waals surface area contributed by atoms with Crippen LogP contribution < -0.4 is 5.32 Å². The monoisotopic (exact) mass is 492 g/mol. The van der Waals surface area contributed by atoms with Gasteiger partial charge in [0.25, 0.3) is 0 Å². The van der Waals surface area contributed by atoms with Gasteiger partial charge in [-0.1, -0.05) is 42.5 Å². The van der Waals surface area contributed by atoms with Gasteiger partial charge in [0.2, 0.25) is 0 Å². The van der Waals surface area contributed by atoms with Gasteiger partial charge in [-0.2, -0.15) is 0 Å². The predicted molar refractivity (Wildman–Crippen MR) is 135 cm³/mol. The number of alkyl carbamates (subject to hydrolysis) is 1. The van der Waals surface area contributed by atoms with E-state index in [1.807, 2.05) is 42.5 Å². The van der Waals surface area contributed by atoms with Crippen LogP contribution in [0.3, 0.4) is 0 Å². The zero-order valence-corrected chi connectivity index (χ0v) is 20.9. The molecule has 1 saturated heterocycles. The van der Waals surface area contributed by atoms with E-state index >= 15 is 0 Å². The number of phenolic OH excluding ortho intramolecular Hbond substituents is 1. The van der Waals surface area contributed by atoms with E-state index in [2.05, 4.69) is 10.2 Å². The smallest absolute Gasteiger partial charge is 0.407 e. The highest BCUT2D eigenvalue weighted by atomic mass is 16.6. The number of piperidine rings is 1. The Morgan fingerprint density at radius 2 is 1.89 bits per heavy atom. The number of ether oxygens (including phenoxy) is 2. The van der Waals surface area contributed by atoms with Gasteiger partial charge in [-0.15, -0.1) is 0 Å². The first-order valence-electron chi connectivity index (χ1n) is 13.1. The van der Waals surface area contributed by atoms with Gasteiger partial charge < -0.3 is 19.9 Å². The Labute approximate surface area is 212 Å². The summed E-state index contributed by atoms with van der Waals surface area (Å²) in [6.45, 7) is 4.29. The van der Waals surface area contributed by atoms with Crippen molar-refractivity contribution >= 4 is 12.1 Å². The summed E-state index contributed by atoms with van der Waals surface area (Å²) in [6.07, 6.45) is 4.81. The highest BCUT2D eigenvalue weighted by Crippen LogP contribution is 2.54. The van der Waals surface area contributed by atoms with Crippen LogP contribution in [0.1, 0.15) is 56.6 Å². The fraction of sp³-hybridized carbons (Fsp3) is 0.517. The maximum Gasteiger partial charge on any atom is 0.407 e. The molecule has 2 saturated carbocycles. The van der Waals surface area contributed by atoms with Crippen LogP contribution in [-0.4, -0.2) is 53.3 Å². The number of phenols is 1. The number of hydrogen-bond acceptors (Lipinski definition) is 6. The predicted octanol–water partition coefficient (Wildman–Crippen LogP) is 4.53. The highest BCUT2D eigenvalue weighted by Gasteiger charge is 2.61. The lowest BCUT2D eigenvalue weighted by Gasteiger charge is -2.59. The third-order valence-electron chi connectivity index (χ3n) is 8.18. The second-order valence-corrected chi connectivity index (χ2v) is 10.8. The van der Waals surface area contributed by atoms with Gasteiger partial charge in [0, 0.05) is 31.5 Å². The van der Waals surface area contributed by atoms with Crippen molar-refractivity contribution in [3.8, 4) is 5.75 Å². The molecule has 3 fully saturated rings. The van der Waals surface area contributed by atoms with Gasteiger partial charge in [-0.25, -0.2) is 4.79 Å². The summed E-state index contributed by atoms with van der Waals surface area (Å²) in [5, 5.41) is 13.4. The van der Waals surface area contributed by atoms with Crippen molar-refractivity contribution in [1.82, 2.24) is 10.2 Å². The molecule has 7 heteroatoms. The van der Waals surface area contributed by atoms with Crippen LogP contribution in [0.15, 0.2) is 54.6 Å². The summed E-state index contributed by atoms with van der Waals surface area (Å²) < 4.78 is 11.8. The van der Waals surface area contributed by atoms with Crippen LogP contribution in [0.4, 0.5) is 4.79 Å².